The Morgan fingerprint density at radius 3 is 1.83 bits per heavy atom. The molecule has 9 nitrogen and oxygen atoms in total. The number of ether oxygens (including phenoxy) is 1. The molecule has 3 amide bonds. The fourth-order valence-electron chi connectivity index (χ4n) is 3.43. The molecule has 0 unspecified atom stereocenters. The van der Waals surface area contributed by atoms with Gasteiger partial charge in [0.1, 0.15) is 11.4 Å². The van der Waals surface area contributed by atoms with Crippen molar-refractivity contribution in [3.63, 3.8) is 0 Å². The summed E-state index contributed by atoms with van der Waals surface area (Å²) in [5.74, 6) is -0.331. The van der Waals surface area contributed by atoms with Crippen molar-refractivity contribution in [2.75, 3.05) is 52.5 Å². The summed E-state index contributed by atoms with van der Waals surface area (Å²) >= 11 is 0. The second-order valence-electron chi connectivity index (χ2n) is 6.87. The lowest BCUT2D eigenvalue weighted by molar-refractivity contribution is 0.0298. The van der Waals surface area contributed by atoms with Crippen LogP contribution in [0.2, 0.25) is 0 Å². The number of rotatable bonds is 3. The van der Waals surface area contributed by atoms with Crippen LogP contribution in [-0.4, -0.2) is 89.9 Å². The van der Waals surface area contributed by atoms with Gasteiger partial charge < -0.3 is 23.9 Å². The molecular formula is C20H22N4O5. The minimum Gasteiger partial charge on any atom is -0.459 e. The quantitative estimate of drug-likeness (QED) is 0.757. The summed E-state index contributed by atoms with van der Waals surface area (Å²) in [5.41, 5.74) is 0.485. The summed E-state index contributed by atoms with van der Waals surface area (Å²) in [6.45, 7) is 3.67. The van der Waals surface area contributed by atoms with Crippen molar-refractivity contribution in [3.8, 4) is 0 Å². The Balaban J connectivity index is 1.39. The summed E-state index contributed by atoms with van der Waals surface area (Å²) in [4.78, 5) is 47.1. The summed E-state index contributed by atoms with van der Waals surface area (Å²) in [7, 11) is 0. The van der Waals surface area contributed by atoms with E-state index in [1.165, 1.54) is 6.26 Å². The largest absolute Gasteiger partial charge is 0.459 e. The minimum absolute atomic E-state index is 0.182. The molecule has 9 heteroatoms. The van der Waals surface area contributed by atoms with Crippen molar-refractivity contribution in [3.05, 3.63) is 53.7 Å². The van der Waals surface area contributed by atoms with E-state index in [9.17, 15) is 14.4 Å². The SMILES string of the molecule is O=C(c1cccc(C(=O)N2CCN(C(=O)c3ccco3)CC2)n1)N1CCOCC1. The summed E-state index contributed by atoms with van der Waals surface area (Å²) in [5, 5.41) is 0. The molecule has 2 aliphatic heterocycles. The third kappa shape index (κ3) is 4.14. The normalized spacial score (nSPS) is 17.3. The number of carbonyl (C=O) groups is 3. The Hall–Kier alpha value is -3.20. The monoisotopic (exact) mass is 398 g/mol. The number of morpholine rings is 1. The van der Waals surface area contributed by atoms with E-state index in [0.29, 0.717) is 58.2 Å². The number of furan rings is 1. The van der Waals surface area contributed by atoms with E-state index in [2.05, 4.69) is 4.98 Å². The molecule has 2 aromatic rings. The van der Waals surface area contributed by atoms with E-state index >= 15 is 0 Å². The van der Waals surface area contributed by atoms with Gasteiger partial charge in [0.25, 0.3) is 17.7 Å². The molecule has 4 heterocycles. The molecule has 152 valence electrons. The Bertz CT molecular complexity index is 884. The highest BCUT2D eigenvalue weighted by molar-refractivity contribution is 5.96. The van der Waals surface area contributed by atoms with Crippen molar-refractivity contribution in [2.24, 2.45) is 0 Å². The lowest BCUT2D eigenvalue weighted by atomic mass is 10.2. The number of carbonyl (C=O) groups excluding carboxylic acids is 3. The standard InChI is InChI=1S/C20H22N4O5/c25-18(22-6-8-23(9-7-22)20(27)17-5-2-12-29-17)15-3-1-4-16(21-15)19(26)24-10-13-28-14-11-24/h1-5,12H,6-11,13-14H2. The number of piperazine rings is 1. The molecule has 0 aromatic carbocycles. The third-order valence-corrected chi connectivity index (χ3v) is 5.07. The van der Waals surface area contributed by atoms with Crippen molar-refractivity contribution < 1.29 is 23.5 Å². The van der Waals surface area contributed by atoms with E-state index in [0.717, 1.165) is 0 Å². The Morgan fingerprint density at radius 1 is 0.724 bits per heavy atom. The zero-order valence-corrected chi connectivity index (χ0v) is 16.0. The van der Waals surface area contributed by atoms with Crippen LogP contribution in [0.1, 0.15) is 31.5 Å². The van der Waals surface area contributed by atoms with Crippen LogP contribution in [0.4, 0.5) is 0 Å². The predicted molar refractivity (Wildman–Crippen MR) is 101 cm³/mol. The molecule has 0 radical (unpaired) electrons. The zero-order chi connectivity index (χ0) is 20.2. The molecular weight excluding hydrogens is 376 g/mol. The summed E-state index contributed by atoms with van der Waals surface area (Å²) in [6.07, 6.45) is 1.46. The van der Waals surface area contributed by atoms with Crippen molar-refractivity contribution in [2.45, 2.75) is 0 Å². The summed E-state index contributed by atoms with van der Waals surface area (Å²) < 4.78 is 10.4. The number of nitrogens with zero attached hydrogens (tertiary/aromatic N) is 4. The molecule has 2 aromatic heterocycles. The smallest absolute Gasteiger partial charge is 0.289 e. The van der Waals surface area contributed by atoms with Crippen LogP contribution in [0, 0.1) is 0 Å². The zero-order valence-electron chi connectivity index (χ0n) is 16.0. The molecule has 4 rings (SSSR count). The molecule has 2 aliphatic rings. The molecule has 0 bridgehead atoms. The van der Waals surface area contributed by atoms with Crippen LogP contribution in [0.3, 0.4) is 0 Å². The van der Waals surface area contributed by atoms with Gasteiger partial charge in [0.15, 0.2) is 5.76 Å². The fraction of sp³-hybridized carbons (Fsp3) is 0.400. The first-order chi connectivity index (χ1) is 14.1. The second kappa shape index (κ2) is 8.44. The van der Waals surface area contributed by atoms with E-state index in [1.807, 2.05) is 0 Å². The van der Waals surface area contributed by atoms with Crippen LogP contribution < -0.4 is 0 Å². The second-order valence-corrected chi connectivity index (χ2v) is 6.87. The van der Waals surface area contributed by atoms with Crippen LogP contribution in [-0.2, 0) is 4.74 Å². The van der Waals surface area contributed by atoms with E-state index < -0.39 is 0 Å². The van der Waals surface area contributed by atoms with Crippen molar-refractivity contribution in [1.29, 1.82) is 0 Å². The lowest BCUT2D eigenvalue weighted by Gasteiger charge is -2.34. The molecule has 0 aliphatic carbocycles. The fourth-order valence-corrected chi connectivity index (χ4v) is 3.43. The van der Waals surface area contributed by atoms with Gasteiger partial charge in [-0.15, -0.1) is 0 Å². The first-order valence-corrected chi connectivity index (χ1v) is 9.59. The number of aromatic nitrogens is 1. The molecule has 0 atom stereocenters. The van der Waals surface area contributed by atoms with Gasteiger partial charge in [-0.3, -0.25) is 14.4 Å². The first kappa shape index (κ1) is 19.1. The van der Waals surface area contributed by atoms with Gasteiger partial charge in [0, 0.05) is 39.3 Å². The molecule has 0 spiro atoms. The maximum atomic E-state index is 12.9. The van der Waals surface area contributed by atoms with Crippen LogP contribution in [0.25, 0.3) is 0 Å². The van der Waals surface area contributed by atoms with Gasteiger partial charge in [0.2, 0.25) is 0 Å². The molecule has 2 fully saturated rings. The lowest BCUT2D eigenvalue weighted by Crippen LogP contribution is -2.50. The average Bonchev–Trinajstić information content (AvgIpc) is 3.33. The van der Waals surface area contributed by atoms with E-state index in [-0.39, 0.29) is 29.1 Å². The van der Waals surface area contributed by atoms with E-state index in [4.69, 9.17) is 9.15 Å². The number of hydrogen-bond acceptors (Lipinski definition) is 6. The van der Waals surface area contributed by atoms with Gasteiger partial charge in [-0.1, -0.05) is 6.07 Å². The Kier molecular flexibility index (Phi) is 5.57. The third-order valence-electron chi connectivity index (χ3n) is 5.07. The highest BCUT2D eigenvalue weighted by Crippen LogP contribution is 2.13. The number of pyridine rings is 1. The van der Waals surface area contributed by atoms with Crippen molar-refractivity contribution >= 4 is 17.7 Å². The Morgan fingerprint density at radius 2 is 1.28 bits per heavy atom. The molecule has 2 saturated heterocycles. The Labute approximate surface area is 167 Å². The highest BCUT2D eigenvalue weighted by Gasteiger charge is 2.28. The number of amides is 3. The van der Waals surface area contributed by atoms with E-state index in [1.54, 1.807) is 45.0 Å². The maximum absolute atomic E-state index is 12.9. The van der Waals surface area contributed by atoms with Crippen molar-refractivity contribution in [1.82, 2.24) is 19.7 Å². The molecule has 29 heavy (non-hydrogen) atoms. The minimum atomic E-state index is -0.244. The van der Waals surface area contributed by atoms with Crippen LogP contribution in [0.5, 0.6) is 0 Å². The number of hydrogen-bond donors (Lipinski definition) is 0. The maximum Gasteiger partial charge on any atom is 0.289 e. The predicted octanol–water partition coefficient (Wildman–Crippen LogP) is 0.745. The topological polar surface area (TPSA) is 96.2 Å². The van der Waals surface area contributed by atoms with Gasteiger partial charge >= 0.3 is 0 Å². The van der Waals surface area contributed by atoms with Crippen LogP contribution >= 0.6 is 0 Å². The summed E-state index contributed by atoms with van der Waals surface area (Å²) in [6, 6.07) is 8.20. The average molecular weight is 398 g/mol. The van der Waals surface area contributed by atoms with Gasteiger partial charge in [-0.2, -0.15) is 0 Å². The molecule has 0 saturated carbocycles. The van der Waals surface area contributed by atoms with Gasteiger partial charge in [-0.25, -0.2) is 4.98 Å². The molecule has 0 N–H and O–H groups in total. The van der Waals surface area contributed by atoms with Crippen LogP contribution in [0.15, 0.2) is 41.0 Å². The van der Waals surface area contributed by atoms with Gasteiger partial charge in [0.05, 0.1) is 19.5 Å². The van der Waals surface area contributed by atoms with Gasteiger partial charge in [-0.05, 0) is 24.3 Å². The highest BCUT2D eigenvalue weighted by atomic mass is 16.5. The first-order valence-electron chi connectivity index (χ1n) is 9.59.